The number of Topliss-reactive ketones (excluding diaryl/α,β-unsaturated/α-hetero) is 1. The molecule has 0 radical (unpaired) electrons. The standard InChI is InChI=1S/C9H8Cl2N2O3/c1-3(14)7-4(10)6(12)5(11)8(13-7)9(15)16-2/h1-2H3,(H2,12,13). The van der Waals surface area contributed by atoms with Crippen LogP contribution in [0.25, 0.3) is 0 Å². The van der Waals surface area contributed by atoms with Gasteiger partial charge in [0.2, 0.25) is 0 Å². The van der Waals surface area contributed by atoms with Gasteiger partial charge in [-0.1, -0.05) is 23.2 Å². The third-order valence-corrected chi connectivity index (χ3v) is 2.59. The second-order valence-corrected chi connectivity index (χ2v) is 3.65. The SMILES string of the molecule is COC(=O)c1nc(C(C)=O)c(Cl)c(N)c1Cl. The minimum absolute atomic E-state index is 0.0647. The third kappa shape index (κ3) is 2.10. The second kappa shape index (κ2) is 4.67. The van der Waals surface area contributed by atoms with Gasteiger partial charge in [-0.15, -0.1) is 0 Å². The van der Waals surface area contributed by atoms with Crippen LogP contribution in [0.4, 0.5) is 5.69 Å². The maximum atomic E-state index is 11.3. The van der Waals surface area contributed by atoms with Crippen LogP contribution in [0.3, 0.4) is 0 Å². The number of nitrogens with two attached hydrogens (primary N) is 1. The third-order valence-electron chi connectivity index (χ3n) is 1.82. The van der Waals surface area contributed by atoms with E-state index in [2.05, 4.69) is 9.72 Å². The molecule has 7 heteroatoms. The van der Waals surface area contributed by atoms with Gasteiger partial charge in [-0.05, 0) is 0 Å². The first-order chi connectivity index (χ1) is 7.40. The molecule has 0 aliphatic carbocycles. The van der Waals surface area contributed by atoms with E-state index in [9.17, 15) is 9.59 Å². The summed E-state index contributed by atoms with van der Waals surface area (Å²) in [6, 6.07) is 0. The van der Waals surface area contributed by atoms with Crippen LogP contribution in [0.15, 0.2) is 0 Å². The summed E-state index contributed by atoms with van der Waals surface area (Å²) in [5, 5.41) is -0.188. The van der Waals surface area contributed by atoms with Crippen LogP contribution in [-0.2, 0) is 4.74 Å². The summed E-state index contributed by atoms with van der Waals surface area (Å²) < 4.78 is 4.45. The number of carbonyl (C=O) groups excluding carboxylic acids is 2. The van der Waals surface area contributed by atoms with Crippen molar-refractivity contribution in [2.75, 3.05) is 12.8 Å². The van der Waals surface area contributed by atoms with Gasteiger partial charge in [0.25, 0.3) is 0 Å². The molecule has 0 saturated heterocycles. The molecule has 0 saturated carbocycles. The number of nitrogens with zero attached hydrogens (tertiary/aromatic N) is 1. The Hall–Kier alpha value is -1.33. The van der Waals surface area contributed by atoms with Gasteiger partial charge in [-0.3, -0.25) is 4.79 Å². The molecule has 5 nitrogen and oxygen atoms in total. The normalized spacial score (nSPS) is 10.0. The number of hydrogen-bond acceptors (Lipinski definition) is 5. The topological polar surface area (TPSA) is 82.3 Å². The number of esters is 1. The molecule has 0 aliphatic heterocycles. The van der Waals surface area contributed by atoms with Crippen molar-refractivity contribution in [1.29, 1.82) is 0 Å². The maximum absolute atomic E-state index is 11.3. The van der Waals surface area contributed by atoms with E-state index in [0.717, 1.165) is 0 Å². The number of carbonyl (C=O) groups is 2. The molecule has 0 unspecified atom stereocenters. The molecule has 0 spiro atoms. The van der Waals surface area contributed by atoms with Crippen molar-refractivity contribution >= 4 is 40.6 Å². The van der Waals surface area contributed by atoms with Gasteiger partial charge in [-0.2, -0.15) is 0 Å². The highest BCUT2D eigenvalue weighted by Crippen LogP contribution is 2.32. The van der Waals surface area contributed by atoms with Crippen LogP contribution in [0.2, 0.25) is 10.0 Å². The molecule has 1 rings (SSSR count). The average Bonchev–Trinajstić information content (AvgIpc) is 2.25. The van der Waals surface area contributed by atoms with E-state index in [1.54, 1.807) is 0 Å². The molecule has 16 heavy (non-hydrogen) atoms. The number of nitrogen functional groups attached to an aromatic ring is 1. The number of anilines is 1. The fraction of sp³-hybridized carbons (Fsp3) is 0.222. The highest BCUT2D eigenvalue weighted by molar-refractivity contribution is 6.41. The smallest absolute Gasteiger partial charge is 0.358 e. The fourth-order valence-electron chi connectivity index (χ4n) is 1.03. The molecule has 86 valence electrons. The van der Waals surface area contributed by atoms with E-state index >= 15 is 0 Å². The lowest BCUT2D eigenvalue weighted by molar-refractivity contribution is 0.0594. The molecule has 0 atom stereocenters. The Bertz CT molecular complexity index is 474. The molecule has 0 aliphatic rings. The summed E-state index contributed by atoms with van der Waals surface area (Å²) in [4.78, 5) is 26.2. The van der Waals surface area contributed by atoms with Gasteiger partial charge >= 0.3 is 5.97 Å². The minimum atomic E-state index is -0.782. The Kier molecular flexibility index (Phi) is 3.72. The monoisotopic (exact) mass is 262 g/mol. The number of ether oxygens (including phenoxy) is 1. The van der Waals surface area contributed by atoms with E-state index in [-0.39, 0.29) is 27.1 Å². The average molecular weight is 263 g/mol. The summed E-state index contributed by atoms with van der Waals surface area (Å²) in [5.41, 5.74) is 5.15. The number of ketones is 1. The van der Waals surface area contributed by atoms with Crippen LogP contribution in [0.5, 0.6) is 0 Å². The first kappa shape index (κ1) is 12.7. The Morgan fingerprint density at radius 1 is 1.25 bits per heavy atom. The molecular formula is C9H8Cl2N2O3. The zero-order valence-electron chi connectivity index (χ0n) is 8.51. The second-order valence-electron chi connectivity index (χ2n) is 2.90. The number of methoxy groups -OCH3 is 1. The molecule has 2 N–H and O–H groups in total. The zero-order valence-corrected chi connectivity index (χ0v) is 10.0. The van der Waals surface area contributed by atoms with Gasteiger partial charge in [0.05, 0.1) is 22.8 Å². The largest absolute Gasteiger partial charge is 0.464 e. The quantitative estimate of drug-likeness (QED) is 0.651. The van der Waals surface area contributed by atoms with E-state index in [1.807, 2.05) is 0 Å². The molecule has 1 heterocycles. The van der Waals surface area contributed by atoms with E-state index < -0.39 is 11.8 Å². The molecule has 0 fully saturated rings. The number of rotatable bonds is 2. The molecule has 1 aromatic heterocycles. The van der Waals surface area contributed by atoms with E-state index in [1.165, 1.54) is 14.0 Å². The number of hydrogen-bond donors (Lipinski definition) is 1. The van der Waals surface area contributed by atoms with Crippen molar-refractivity contribution in [1.82, 2.24) is 4.98 Å². The summed E-state index contributed by atoms with van der Waals surface area (Å²) >= 11 is 11.5. The Balaban J connectivity index is 3.53. The predicted molar refractivity (Wildman–Crippen MR) is 60.0 cm³/mol. The predicted octanol–water partition coefficient (Wildman–Crippen LogP) is 1.96. The van der Waals surface area contributed by atoms with Crippen LogP contribution in [0.1, 0.15) is 27.9 Å². The zero-order chi connectivity index (χ0) is 12.5. The van der Waals surface area contributed by atoms with Crippen molar-refractivity contribution < 1.29 is 14.3 Å². The van der Waals surface area contributed by atoms with Crippen molar-refractivity contribution in [2.24, 2.45) is 0 Å². The van der Waals surface area contributed by atoms with Gasteiger partial charge < -0.3 is 10.5 Å². The summed E-state index contributed by atoms with van der Waals surface area (Å²) in [7, 11) is 1.17. The maximum Gasteiger partial charge on any atom is 0.358 e. The van der Waals surface area contributed by atoms with Gasteiger partial charge in [0.1, 0.15) is 5.69 Å². The lowest BCUT2D eigenvalue weighted by atomic mass is 10.2. The van der Waals surface area contributed by atoms with Crippen molar-refractivity contribution in [3.8, 4) is 0 Å². The summed E-state index contributed by atoms with van der Waals surface area (Å²) in [6.45, 7) is 1.25. The van der Waals surface area contributed by atoms with Gasteiger partial charge in [0.15, 0.2) is 11.5 Å². The fourth-order valence-corrected chi connectivity index (χ4v) is 1.56. The van der Waals surface area contributed by atoms with Gasteiger partial charge in [-0.25, -0.2) is 9.78 Å². The highest BCUT2D eigenvalue weighted by Gasteiger charge is 2.22. The Morgan fingerprint density at radius 3 is 2.19 bits per heavy atom. The van der Waals surface area contributed by atoms with Crippen molar-refractivity contribution in [3.63, 3.8) is 0 Å². The summed E-state index contributed by atoms with van der Waals surface area (Å²) in [5.74, 6) is -1.20. The first-order valence-electron chi connectivity index (χ1n) is 4.13. The molecule has 1 aromatic rings. The van der Waals surface area contributed by atoms with E-state index in [0.29, 0.717) is 0 Å². The lowest BCUT2D eigenvalue weighted by Crippen LogP contribution is -2.12. The molecule has 0 amide bonds. The van der Waals surface area contributed by atoms with E-state index in [4.69, 9.17) is 28.9 Å². The molecule has 0 bridgehead atoms. The number of halogens is 2. The van der Waals surface area contributed by atoms with Gasteiger partial charge in [0, 0.05) is 6.92 Å². The number of pyridine rings is 1. The lowest BCUT2D eigenvalue weighted by Gasteiger charge is -2.08. The highest BCUT2D eigenvalue weighted by atomic mass is 35.5. The van der Waals surface area contributed by atoms with Crippen molar-refractivity contribution in [2.45, 2.75) is 6.92 Å². The van der Waals surface area contributed by atoms with Crippen LogP contribution < -0.4 is 5.73 Å². The Morgan fingerprint density at radius 2 is 1.75 bits per heavy atom. The summed E-state index contributed by atoms with van der Waals surface area (Å²) in [6.07, 6.45) is 0. The van der Waals surface area contributed by atoms with Crippen LogP contribution in [-0.4, -0.2) is 23.8 Å². The molecule has 0 aromatic carbocycles. The molecular weight excluding hydrogens is 255 g/mol. The van der Waals surface area contributed by atoms with Crippen LogP contribution in [0, 0.1) is 0 Å². The minimum Gasteiger partial charge on any atom is -0.464 e. The number of aromatic nitrogens is 1. The van der Waals surface area contributed by atoms with Crippen molar-refractivity contribution in [3.05, 3.63) is 21.4 Å². The van der Waals surface area contributed by atoms with Crippen LogP contribution >= 0.6 is 23.2 Å². The first-order valence-corrected chi connectivity index (χ1v) is 4.89. The Labute approximate surface area is 101 Å².